The minimum atomic E-state index is -1.02. The van der Waals surface area contributed by atoms with Gasteiger partial charge in [0.05, 0.1) is 10.6 Å². The molecule has 0 fully saturated rings. The number of carboxylic acids is 1. The van der Waals surface area contributed by atoms with E-state index in [4.69, 9.17) is 26.2 Å². The van der Waals surface area contributed by atoms with E-state index in [-0.39, 0.29) is 10.6 Å². The average Bonchev–Trinajstić information content (AvgIpc) is 2.45. The Morgan fingerprint density at radius 2 is 1.90 bits per heavy atom. The molecular formula is C16H15ClO4. The van der Waals surface area contributed by atoms with Crippen molar-refractivity contribution in [2.75, 3.05) is 13.2 Å². The van der Waals surface area contributed by atoms with Crippen LogP contribution in [0.25, 0.3) is 0 Å². The number of aryl methyl sites for hydroxylation is 1. The minimum Gasteiger partial charge on any atom is -0.490 e. The SMILES string of the molecule is Cc1cccc(OCCOc2ccc(C(=O)O)cc2Cl)c1. The summed E-state index contributed by atoms with van der Waals surface area (Å²) in [7, 11) is 0. The van der Waals surface area contributed by atoms with Crippen molar-refractivity contribution in [3.05, 3.63) is 58.6 Å². The fourth-order valence-corrected chi connectivity index (χ4v) is 2.00. The fraction of sp³-hybridized carbons (Fsp3) is 0.188. The van der Waals surface area contributed by atoms with Gasteiger partial charge in [0.25, 0.3) is 0 Å². The molecule has 2 rings (SSSR count). The first-order valence-electron chi connectivity index (χ1n) is 6.41. The lowest BCUT2D eigenvalue weighted by molar-refractivity contribution is 0.0697. The number of carboxylic acid groups (broad SMARTS) is 1. The Hall–Kier alpha value is -2.20. The topological polar surface area (TPSA) is 55.8 Å². The molecule has 0 amide bonds. The van der Waals surface area contributed by atoms with Gasteiger partial charge in [0, 0.05) is 0 Å². The zero-order valence-electron chi connectivity index (χ0n) is 11.5. The Labute approximate surface area is 127 Å². The largest absolute Gasteiger partial charge is 0.490 e. The van der Waals surface area contributed by atoms with E-state index in [0.717, 1.165) is 11.3 Å². The Morgan fingerprint density at radius 3 is 2.57 bits per heavy atom. The van der Waals surface area contributed by atoms with Gasteiger partial charge in [0.2, 0.25) is 0 Å². The number of carbonyl (C=O) groups is 1. The molecule has 0 aliphatic carbocycles. The summed E-state index contributed by atoms with van der Waals surface area (Å²) >= 11 is 5.96. The van der Waals surface area contributed by atoms with E-state index in [1.54, 1.807) is 6.07 Å². The van der Waals surface area contributed by atoms with E-state index in [0.29, 0.717) is 19.0 Å². The van der Waals surface area contributed by atoms with Crippen LogP contribution < -0.4 is 9.47 Å². The van der Waals surface area contributed by atoms with E-state index < -0.39 is 5.97 Å². The highest BCUT2D eigenvalue weighted by Crippen LogP contribution is 2.25. The molecule has 0 unspecified atom stereocenters. The summed E-state index contributed by atoms with van der Waals surface area (Å²) in [5.74, 6) is 0.201. The van der Waals surface area contributed by atoms with Gasteiger partial charge >= 0.3 is 5.97 Å². The average molecular weight is 307 g/mol. The lowest BCUT2D eigenvalue weighted by Gasteiger charge is -2.10. The second kappa shape index (κ2) is 6.99. The normalized spacial score (nSPS) is 10.2. The third-order valence-corrected chi connectivity index (χ3v) is 3.07. The standard InChI is InChI=1S/C16H15ClO4/c1-11-3-2-4-13(9-11)20-7-8-21-15-6-5-12(16(18)19)10-14(15)17/h2-6,9-10H,7-8H2,1H3,(H,18,19). The Kier molecular flexibility index (Phi) is 5.06. The number of hydrogen-bond acceptors (Lipinski definition) is 3. The van der Waals surface area contributed by atoms with Crippen LogP contribution in [0.1, 0.15) is 15.9 Å². The van der Waals surface area contributed by atoms with Crippen LogP contribution in [-0.2, 0) is 0 Å². The number of halogens is 1. The van der Waals surface area contributed by atoms with E-state index in [9.17, 15) is 4.79 Å². The molecule has 2 aromatic rings. The Bertz CT molecular complexity index is 640. The highest BCUT2D eigenvalue weighted by molar-refractivity contribution is 6.32. The van der Waals surface area contributed by atoms with Gasteiger partial charge < -0.3 is 14.6 Å². The van der Waals surface area contributed by atoms with Gasteiger partial charge in [-0.25, -0.2) is 4.79 Å². The first kappa shape index (κ1) is 15.2. The molecule has 0 bridgehead atoms. The number of aromatic carboxylic acids is 1. The van der Waals surface area contributed by atoms with Crippen LogP contribution in [0.15, 0.2) is 42.5 Å². The van der Waals surface area contributed by atoms with Crippen LogP contribution >= 0.6 is 11.6 Å². The van der Waals surface area contributed by atoms with Crippen molar-refractivity contribution in [2.45, 2.75) is 6.92 Å². The zero-order chi connectivity index (χ0) is 15.2. The predicted octanol–water partition coefficient (Wildman–Crippen LogP) is 3.80. The van der Waals surface area contributed by atoms with E-state index >= 15 is 0 Å². The number of rotatable bonds is 6. The maximum absolute atomic E-state index is 10.8. The molecule has 110 valence electrons. The van der Waals surface area contributed by atoms with Crippen molar-refractivity contribution in [3.8, 4) is 11.5 Å². The second-order valence-electron chi connectivity index (χ2n) is 4.46. The summed E-state index contributed by atoms with van der Waals surface area (Å²) in [6.45, 7) is 2.69. The van der Waals surface area contributed by atoms with Crippen molar-refractivity contribution < 1.29 is 19.4 Å². The fourth-order valence-electron chi connectivity index (χ4n) is 1.77. The summed E-state index contributed by atoms with van der Waals surface area (Å²) in [5.41, 5.74) is 1.25. The van der Waals surface area contributed by atoms with Gasteiger partial charge in [-0.3, -0.25) is 0 Å². The molecule has 4 nitrogen and oxygen atoms in total. The second-order valence-corrected chi connectivity index (χ2v) is 4.87. The molecule has 2 aromatic carbocycles. The summed E-state index contributed by atoms with van der Waals surface area (Å²) in [6, 6.07) is 12.1. The molecule has 0 aliphatic heterocycles. The first-order valence-corrected chi connectivity index (χ1v) is 6.79. The number of ether oxygens (including phenoxy) is 2. The van der Waals surface area contributed by atoms with Crippen LogP contribution in [0, 0.1) is 6.92 Å². The van der Waals surface area contributed by atoms with Crippen molar-refractivity contribution in [1.82, 2.24) is 0 Å². The number of hydrogen-bond donors (Lipinski definition) is 1. The lowest BCUT2D eigenvalue weighted by Crippen LogP contribution is -2.09. The molecule has 0 aliphatic rings. The van der Waals surface area contributed by atoms with Crippen LogP contribution in [-0.4, -0.2) is 24.3 Å². The van der Waals surface area contributed by atoms with Gasteiger partial charge in [-0.05, 0) is 42.8 Å². The number of benzene rings is 2. The highest BCUT2D eigenvalue weighted by atomic mass is 35.5. The smallest absolute Gasteiger partial charge is 0.335 e. The molecule has 0 saturated carbocycles. The molecule has 5 heteroatoms. The molecule has 0 atom stereocenters. The van der Waals surface area contributed by atoms with E-state index in [1.165, 1.54) is 12.1 Å². The third kappa shape index (κ3) is 4.39. The zero-order valence-corrected chi connectivity index (χ0v) is 12.3. The Morgan fingerprint density at radius 1 is 1.14 bits per heavy atom. The maximum atomic E-state index is 10.8. The summed E-state index contributed by atoms with van der Waals surface area (Å²) in [6.07, 6.45) is 0. The van der Waals surface area contributed by atoms with Crippen molar-refractivity contribution >= 4 is 17.6 Å². The van der Waals surface area contributed by atoms with Crippen molar-refractivity contribution in [3.63, 3.8) is 0 Å². The van der Waals surface area contributed by atoms with Gasteiger partial charge in [-0.15, -0.1) is 0 Å². The summed E-state index contributed by atoms with van der Waals surface area (Å²) in [5, 5.41) is 9.11. The van der Waals surface area contributed by atoms with Crippen LogP contribution in [0.5, 0.6) is 11.5 Å². The quantitative estimate of drug-likeness (QED) is 0.825. The van der Waals surface area contributed by atoms with Gasteiger partial charge in [0.1, 0.15) is 24.7 Å². The molecule has 0 saturated heterocycles. The Balaban J connectivity index is 1.85. The van der Waals surface area contributed by atoms with E-state index in [1.807, 2.05) is 31.2 Å². The predicted molar refractivity (Wildman–Crippen MR) is 80.6 cm³/mol. The first-order chi connectivity index (χ1) is 10.1. The highest BCUT2D eigenvalue weighted by Gasteiger charge is 2.07. The van der Waals surface area contributed by atoms with Gasteiger partial charge in [-0.2, -0.15) is 0 Å². The molecule has 0 spiro atoms. The maximum Gasteiger partial charge on any atom is 0.335 e. The van der Waals surface area contributed by atoms with Crippen LogP contribution in [0.4, 0.5) is 0 Å². The van der Waals surface area contributed by atoms with E-state index in [2.05, 4.69) is 0 Å². The lowest BCUT2D eigenvalue weighted by atomic mass is 10.2. The molecule has 0 radical (unpaired) electrons. The summed E-state index contributed by atoms with van der Waals surface area (Å²) < 4.78 is 11.0. The molecule has 1 N–H and O–H groups in total. The van der Waals surface area contributed by atoms with Crippen molar-refractivity contribution in [2.24, 2.45) is 0 Å². The van der Waals surface area contributed by atoms with Gasteiger partial charge in [-0.1, -0.05) is 23.7 Å². The molecular weight excluding hydrogens is 292 g/mol. The van der Waals surface area contributed by atoms with Gasteiger partial charge in [0.15, 0.2) is 0 Å². The van der Waals surface area contributed by atoms with Crippen LogP contribution in [0.3, 0.4) is 0 Å². The summed E-state index contributed by atoms with van der Waals surface area (Å²) in [4.78, 5) is 10.8. The van der Waals surface area contributed by atoms with Crippen molar-refractivity contribution in [1.29, 1.82) is 0 Å². The molecule has 0 aromatic heterocycles. The molecule has 21 heavy (non-hydrogen) atoms. The third-order valence-electron chi connectivity index (χ3n) is 2.78. The molecule has 0 heterocycles. The monoisotopic (exact) mass is 306 g/mol. The minimum absolute atomic E-state index is 0.128. The van der Waals surface area contributed by atoms with Crippen LogP contribution in [0.2, 0.25) is 5.02 Å².